The van der Waals surface area contributed by atoms with Gasteiger partial charge in [-0.3, -0.25) is 4.18 Å². The lowest BCUT2D eigenvalue weighted by molar-refractivity contribution is 0.0359. The Morgan fingerprint density at radius 3 is 2.00 bits per heavy atom. The quantitative estimate of drug-likeness (QED) is 0.343. The zero-order valence-corrected chi connectivity index (χ0v) is 16.4. The van der Waals surface area contributed by atoms with Crippen LogP contribution in [0.5, 0.6) is 0 Å². The minimum atomic E-state index is -3.70. The van der Waals surface area contributed by atoms with Crippen LogP contribution in [0.1, 0.15) is 51.0 Å². The van der Waals surface area contributed by atoms with E-state index in [0.717, 1.165) is 18.6 Å². The molecule has 0 atom stereocenters. The molecular weight excluding hydrogens is 340 g/mol. The van der Waals surface area contributed by atoms with Crippen molar-refractivity contribution in [2.45, 2.75) is 57.3 Å². The molecule has 0 heterocycles. The lowest BCUT2D eigenvalue weighted by Crippen LogP contribution is -2.13. The van der Waals surface area contributed by atoms with Gasteiger partial charge in [0.05, 0.1) is 31.3 Å². The average Bonchev–Trinajstić information content (AvgIpc) is 2.59. The van der Waals surface area contributed by atoms with Gasteiger partial charge < -0.3 is 9.47 Å². The zero-order valence-electron chi connectivity index (χ0n) is 15.5. The summed E-state index contributed by atoms with van der Waals surface area (Å²) >= 11 is 0. The normalized spacial score (nSPS) is 11.8. The van der Waals surface area contributed by atoms with Crippen LogP contribution in [-0.4, -0.2) is 41.5 Å². The van der Waals surface area contributed by atoms with Gasteiger partial charge in [-0.1, -0.05) is 56.7 Å². The van der Waals surface area contributed by atoms with Gasteiger partial charge >= 0.3 is 0 Å². The van der Waals surface area contributed by atoms with E-state index in [0.29, 0.717) is 13.2 Å². The van der Waals surface area contributed by atoms with Crippen LogP contribution in [0.3, 0.4) is 0 Å². The number of ether oxygens (including phenoxy) is 2. The number of rotatable bonds is 15. The Morgan fingerprint density at radius 2 is 1.32 bits per heavy atom. The van der Waals surface area contributed by atoms with E-state index in [2.05, 4.69) is 6.92 Å². The van der Waals surface area contributed by atoms with Crippen molar-refractivity contribution in [3.63, 3.8) is 0 Å². The summed E-state index contributed by atoms with van der Waals surface area (Å²) in [6, 6.07) is 6.57. The fourth-order valence-corrected chi connectivity index (χ4v) is 3.18. The first kappa shape index (κ1) is 22.1. The van der Waals surface area contributed by atoms with E-state index in [1.165, 1.54) is 32.1 Å². The Bertz CT molecular complexity index is 539. The fraction of sp³-hybridized carbons (Fsp3) is 0.684. The van der Waals surface area contributed by atoms with Gasteiger partial charge in [0, 0.05) is 6.61 Å². The van der Waals surface area contributed by atoms with Crippen molar-refractivity contribution in [3.05, 3.63) is 29.8 Å². The summed E-state index contributed by atoms with van der Waals surface area (Å²) in [5.74, 6) is 0. The molecule has 0 saturated carbocycles. The van der Waals surface area contributed by atoms with E-state index in [4.69, 9.17) is 13.7 Å². The second-order valence-electron chi connectivity index (χ2n) is 6.08. The first-order valence-corrected chi connectivity index (χ1v) is 10.6. The number of aryl methyl sites for hydroxylation is 1. The van der Waals surface area contributed by atoms with E-state index in [-0.39, 0.29) is 18.1 Å². The van der Waals surface area contributed by atoms with Crippen molar-refractivity contribution in [2.75, 3.05) is 33.0 Å². The molecule has 25 heavy (non-hydrogen) atoms. The van der Waals surface area contributed by atoms with Gasteiger partial charge in [-0.05, 0) is 25.5 Å². The molecule has 0 aliphatic carbocycles. The Labute approximate surface area is 152 Å². The van der Waals surface area contributed by atoms with Crippen molar-refractivity contribution < 1.29 is 22.1 Å². The molecule has 0 N–H and O–H groups in total. The largest absolute Gasteiger partial charge is 0.379 e. The summed E-state index contributed by atoms with van der Waals surface area (Å²) in [5, 5.41) is 0. The highest BCUT2D eigenvalue weighted by Crippen LogP contribution is 2.12. The van der Waals surface area contributed by atoms with Crippen molar-refractivity contribution in [1.29, 1.82) is 0 Å². The van der Waals surface area contributed by atoms with Crippen LogP contribution in [0.15, 0.2) is 29.2 Å². The molecule has 1 aromatic carbocycles. The molecule has 0 amide bonds. The molecule has 5 nitrogen and oxygen atoms in total. The molecule has 0 bridgehead atoms. The molecule has 1 aromatic rings. The van der Waals surface area contributed by atoms with E-state index in [9.17, 15) is 8.42 Å². The number of hydrogen-bond acceptors (Lipinski definition) is 5. The van der Waals surface area contributed by atoms with Crippen molar-refractivity contribution in [1.82, 2.24) is 0 Å². The summed E-state index contributed by atoms with van der Waals surface area (Å²) in [7, 11) is -3.70. The van der Waals surface area contributed by atoms with Gasteiger partial charge in [0.15, 0.2) is 0 Å². The average molecular weight is 373 g/mol. The predicted molar refractivity (Wildman–Crippen MR) is 99.3 cm³/mol. The summed E-state index contributed by atoms with van der Waals surface area (Å²) in [4.78, 5) is 0.167. The van der Waals surface area contributed by atoms with E-state index in [1.807, 2.05) is 6.92 Å². The molecule has 0 radical (unpaired) electrons. The lowest BCUT2D eigenvalue weighted by atomic mass is 10.1. The monoisotopic (exact) mass is 372 g/mol. The smallest absolute Gasteiger partial charge is 0.297 e. The van der Waals surface area contributed by atoms with Crippen LogP contribution in [0.25, 0.3) is 0 Å². The molecule has 144 valence electrons. The number of benzene rings is 1. The van der Waals surface area contributed by atoms with Gasteiger partial charge in [0.2, 0.25) is 0 Å². The van der Waals surface area contributed by atoms with Gasteiger partial charge in [-0.2, -0.15) is 8.42 Å². The zero-order chi connectivity index (χ0) is 18.4. The summed E-state index contributed by atoms with van der Waals surface area (Å²) in [5.41, 5.74) is 1.00. The van der Waals surface area contributed by atoms with Crippen LogP contribution in [0, 0.1) is 6.92 Å². The maximum Gasteiger partial charge on any atom is 0.297 e. The van der Waals surface area contributed by atoms with Crippen molar-refractivity contribution >= 4 is 10.1 Å². The Hall–Kier alpha value is -0.950. The Kier molecular flexibility index (Phi) is 11.7. The van der Waals surface area contributed by atoms with Crippen LogP contribution < -0.4 is 0 Å². The predicted octanol–water partition coefficient (Wildman–Crippen LogP) is 4.09. The number of unbranched alkanes of at least 4 members (excludes halogenated alkanes) is 5. The fourth-order valence-electron chi connectivity index (χ4n) is 2.28. The van der Waals surface area contributed by atoms with Crippen LogP contribution in [0.2, 0.25) is 0 Å². The molecule has 0 fully saturated rings. The molecule has 0 aliphatic heterocycles. The lowest BCUT2D eigenvalue weighted by Gasteiger charge is -2.07. The molecule has 0 unspecified atom stereocenters. The molecule has 1 rings (SSSR count). The third-order valence-electron chi connectivity index (χ3n) is 3.79. The van der Waals surface area contributed by atoms with Crippen molar-refractivity contribution in [3.8, 4) is 0 Å². The molecular formula is C19H32O5S. The minimum Gasteiger partial charge on any atom is -0.379 e. The SMILES string of the molecule is CCCCCCCCOCCOCCOS(=O)(=O)c1ccc(C)cc1. The maximum atomic E-state index is 11.9. The third-order valence-corrected chi connectivity index (χ3v) is 5.12. The second kappa shape index (κ2) is 13.3. The van der Waals surface area contributed by atoms with E-state index < -0.39 is 10.1 Å². The third kappa shape index (κ3) is 10.6. The van der Waals surface area contributed by atoms with Gasteiger partial charge in [-0.15, -0.1) is 0 Å². The highest BCUT2D eigenvalue weighted by Gasteiger charge is 2.14. The van der Waals surface area contributed by atoms with Gasteiger partial charge in [0.25, 0.3) is 10.1 Å². The van der Waals surface area contributed by atoms with E-state index >= 15 is 0 Å². The van der Waals surface area contributed by atoms with Crippen LogP contribution in [0.4, 0.5) is 0 Å². The van der Waals surface area contributed by atoms with Gasteiger partial charge in [-0.25, -0.2) is 0 Å². The minimum absolute atomic E-state index is 0.00758. The maximum absolute atomic E-state index is 11.9. The topological polar surface area (TPSA) is 61.8 Å². The second-order valence-corrected chi connectivity index (χ2v) is 7.70. The molecule has 0 saturated heterocycles. The molecule has 6 heteroatoms. The van der Waals surface area contributed by atoms with Crippen LogP contribution >= 0.6 is 0 Å². The first-order valence-electron chi connectivity index (χ1n) is 9.18. The van der Waals surface area contributed by atoms with E-state index in [1.54, 1.807) is 24.3 Å². The highest BCUT2D eigenvalue weighted by molar-refractivity contribution is 7.86. The molecule has 0 aromatic heterocycles. The highest BCUT2D eigenvalue weighted by atomic mass is 32.2. The van der Waals surface area contributed by atoms with Crippen molar-refractivity contribution in [2.24, 2.45) is 0 Å². The summed E-state index contributed by atoms with van der Waals surface area (Å²) in [6.07, 6.45) is 7.47. The van der Waals surface area contributed by atoms with Crippen LogP contribution in [-0.2, 0) is 23.8 Å². The summed E-state index contributed by atoms with van der Waals surface area (Å²) < 4.78 is 39.7. The standard InChI is InChI=1S/C19H32O5S/c1-3-4-5-6-7-8-13-22-14-15-23-16-17-24-25(20,21)19-11-9-18(2)10-12-19/h9-12H,3-8,13-17H2,1-2H3. The molecule has 0 spiro atoms. The van der Waals surface area contributed by atoms with Gasteiger partial charge in [0.1, 0.15) is 0 Å². The number of hydrogen-bond donors (Lipinski definition) is 0. The summed E-state index contributed by atoms with van der Waals surface area (Å²) in [6.45, 7) is 6.09. The Morgan fingerprint density at radius 1 is 0.760 bits per heavy atom. The molecule has 0 aliphatic rings. The first-order chi connectivity index (χ1) is 12.1. The Balaban J connectivity index is 1.97.